The number of hydrogen-bond acceptors (Lipinski definition) is 3. The first-order chi connectivity index (χ1) is 15.3. The first kappa shape index (κ1) is 24.0. The van der Waals surface area contributed by atoms with Crippen molar-refractivity contribution in [3.8, 4) is 0 Å². The fourth-order valence-electron chi connectivity index (χ4n) is 4.25. The summed E-state index contributed by atoms with van der Waals surface area (Å²) in [6, 6.07) is 14.2. The third-order valence-corrected chi connectivity index (χ3v) is 6.27. The molecule has 0 bridgehead atoms. The molecule has 0 unspecified atom stereocenters. The Labute approximate surface area is 192 Å². The molecule has 1 N–H and O–H groups in total. The molecule has 0 aliphatic carbocycles. The van der Waals surface area contributed by atoms with Crippen LogP contribution in [-0.2, 0) is 11.2 Å². The maximum absolute atomic E-state index is 12.9. The van der Waals surface area contributed by atoms with Crippen molar-refractivity contribution >= 4 is 17.5 Å². The Balaban J connectivity index is 1.57. The first-order valence-electron chi connectivity index (χ1n) is 11.8. The lowest BCUT2D eigenvalue weighted by atomic mass is 9.92. The zero-order valence-corrected chi connectivity index (χ0v) is 20.1. The summed E-state index contributed by atoms with van der Waals surface area (Å²) >= 11 is 0. The second-order valence-corrected chi connectivity index (χ2v) is 9.29. The lowest BCUT2D eigenvalue weighted by Gasteiger charge is -2.34. The molecule has 5 nitrogen and oxygen atoms in total. The Bertz CT molecular complexity index is 900. The van der Waals surface area contributed by atoms with Crippen LogP contribution < -0.4 is 5.32 Å². The van der Waals surface area contributed by atoms with Crippen LogP contribution in [-0.4, -0.2) is 54.3 Å². The number of nitrogens with one attached hydrogen (secondary N) is 1. The van der Waals surface area contributed by atoms with Crippen molar-refractivity contribution < 1.29 is 9.59 Å². The van der Waals surface area contributed by atoms with E-state index in [1.54, 1.807) is 0 Å². The number of nitrogens with zero attached hydrogens (tertiary/aromatic N) is 2. The van der Waals surface area contributed by atoms with E-state index in [1.165, 1.54) is 16.7 Å². The Morgan fingerprint density at radius 1 is 0.875 bits per heavy atom. The van der Waals surface area contributed by atoms with Crippen LogP contribution in [0.15, 0.2) is 42.5 Å². The van der Waals surface area contributed by atoms with E-state index in [9.17, 15) is 9.59 Å². The molecule has 0 aromatic heterocycles. The number of anilines is 1. The molecule has 0 atom stereocenters. The average molecular weight is 436 g/mol. The monoisotopic (exact) mass is 435 g/mol. The fraction of sp³-hybridized carbons (Fsp3) is 0.481. The molecule has 0 saturated carbocycles. The quantitative estimate of drug-likeness (QED) is 0.674. The fourth-order valence-corrected chi connectivity index (χ4v) is 4.25. The summed E-state index contributed by atoms with van der Waals surface area (Å²) in [4.78, 5) is 29.7. The highest BCUT2D eigenvalue weighted by Crippen LogP contribution is 2.32. The van der Waals surface area contributed by atoms with Gasteiger partial charge in [-0.3, -0.25) is 14.5 Å². The van der Waals surface area contributed by atoms with E-state index in [0.29, 0.717) is 44.6 Å². The standard InChI is InChI=1S/C27H37N3O2/c1-6-21-10-12-22(13-11-21)27(32)30-16-14-29(15-17-30)18-25(31)28-26-23(19(2)3)8-7-9-24(26)20(4)5/h7-13,19-20H,6,14-18H2,1-5H3,(H,28,31). The van der Waals surface area contributed by atoms with E-state index < -0.39 is 0 Å². The van der Waals surface area contributed by atoms with Gasteiger partial charge >= 0.3 is 0 Å². The predicted molar refractivity (Wildman–Crippen MR) is 131 cm³/mol. The number of benzene rings is 2. The van der Waals surface area contributed by atoms with Gasteiger partial charge in [0.15, 0.2) is 0 Å². The maximum atomic E-state index is 12.9. The van der Waals surface area contributed by atoms with Gasteiger partial charge in [-0.1, -0.05) is 65.0 Å². The molecule has 2 amide bonds. The van der Waals surface area contributed by atoms with Crippen LogP contribution in [0.25, 0.3) is 0 Å². The summed E-state index contributed by atoms with van der Waals surface area (Å²) in [5.41, 5.74) is 5.28. The number of carbonyl (C=O) groups is 2. The summed E-state index contributed by atoms with van der Waals surface area (Å²) in [6.07, 6.45) is 0.968. The molecule has 2 aromatic carbocycles. The van der Waals surface area contributed by atoms with Crippen molar-refractivity contribution in [1.82, 2.24) is 9.80 Å². The van der Waals surface area contributed by atoms with Gasteiger partial charge in [0.25, 0.3) is 5.91 Å². The van der Waals surface area contributed by atoms with E-state index in [2.05, 4.69) is 63.0 Å². The van der Waals surface area contributed by atoms with Crippen LogP contribution in [0.5, 0.6) is 0 Å². The molecule has 0 spiro atoms. The smallest absolute Gasteiger partial charge is 0.253 e. The minimum atomic E-state index is 0.00920. The number of para-hydroxylation sites is 1. The molecule has 2 aromatic rings. The van der Waals surface area contributed by atoms with Gasteiger partial charge in [0, 0.05) is 37.4 Å². The van der Waals surface area contributed by atoms with Crippen molar-refractivity contribution in [3.63, 3.8) is 0 Å². The SMILES string of the molecule is CCc1ccc(C(=O)N2CCN(CC(=O)Nc3c(C(C)C)cccc3C(C)C)CC2)cc1. The van der Waals surface area contributed by atoms with Crippen LogP contribution in [0.1, 0.15) is 73.5 Å². The van der Waals surface area contributed by atoms with Gasteiger partial charge in [0.1, 0.15) is 0 Å². The van der Waals surface area contributed by atoms with E-state index in [0.717, 1.165) is 17.7 Å². The van der Waals surface area contributed by atoms with Crippen molar-refractivity contribution in [2.75, 3.05) is 38.0 Å². The van der Waals surface area contributed by atoms with E-state index in [1.807, 2.05) is 29.2 Å². The van der Waals surface area contributed by atoms with Gasteiger partial charge < -0.3 is 10.2 Å². The second-order valence-electron chi connectivity index (χ2n) is 9.29. The molecule has 1 aliphatic heterocycles. The third kappa shape index (κ3) is 5.77. The first-order valence-corrected chi connectivity index (χ1v) is 11.8. The lowest BCUT2D eigenvalue weighted by molar-refractivity contribution is -0.117. The van der Waals surface area contributed by atoms with Crippen LogP contribution >= 0.6 is 0 Å². The van der Waals surface area contributed by atoms with Crippen LogP contribution in [0.3, 0.4) is 0 Å². The van der Waals surface area contributed by atoms with Crippen LogP contribution in [0.2, 0.25) is 0 Å². The molecule has 3 rings (SSSR count). The van der Waals surface area contributed by atoms with Crippen molar-refractivity contribution in [2.45, 2.75) is 52.9 Å². The van der Waals surface area contributed by atoms with E-state index in [-0.39, 0.29) is 11.8 Å². The van der Waals surface area contributed by atoms with Crippen molar-refractivity contribution in [2.24, 2.45) is 0 Å². The number of rotatable bonds is 7. The highest BCUT2D eigenvalue weighted by atomic mass is 16.2. The molecule has 1 fully saturated rings. The zero-order chi connectivity index (χ0) is 23.3. The molecule has 1 heterocycles. The number of hydrogen-bond donors (Lipinski definition) is 1. The number of aryl methyl sites for hydroxylation is 1. The van der Waals surface area contributed by atoms with Crippen LogP contribution in [0.4, 0.5) is 5.69 Å². The van der Waals surface area contributed by atoms with Crippen molar-refractivity contribution in [1.29, 1.82) is 0 Å². The molecule has 32 heavy (non-hydrogen) atoms. The number of carbonyl (C=O) groups excluding carboxylic acids is 2. The number of piperazine rings is 1. The zero-order valence-electron chi connectivity index (χ0n) is 20.1. The normalized spacial score (nSPS) is 14.8. The summed E-state index contributed by atoms with van der Waals surface area (Å²) in [7, 11) is 0. The second kappa shape index (κ2) is 10.8. The molecule has 5 heteroatoms. The van der Waals surface area contributed by atoms with E-state index in [4.69, 9.17) is 0 Å². The maximum Gasteiger partial charge on any atom is 0.253 e. The molecule has 1 aliphatic rings. The Morgan fingerprint density at radius 3 is 1.94 bits per heavy atom. The Morgan fingerprint density at radius 2 is 1.44 bits per heavy atom. The van der Waals surface area contributed by atoms with E-state index >= 15 is 0 Å². The Kier molecular flexibility index (Phi) is 8.08. The lowest BCUT2D eigenvalue weighted by Crippen LogP contribution is -2.50. The van der Waals surface area contributed by atoms with Gasteiger partial charge in [-0.05, 0) is 47.1 Å². The van der Waals surface area contributed by atoms with Crippen LogP contribution in [0, 0.1) is 0 Å². The molecular formula is C27H37N3O2. The molecule has 1 saturated heterocycles. The third-order valence-electron chi connectivity index (χ3n) is 6.27. The highest BCUT2D eigenvalue weighted by Gasteiger charge is 2.24. The minimum absolute atomic E-state index is 0.00920. The molecule has 172 valence electrons. The molecule has 0 radical (unpaired) electrons. The van der Waals surface area contributed by atoms with Gasteiger partial charge in [0.05, 0.1) is 6.54 Å². The summed E-state index contributed by atoms with van der Waals surface area (Å²) in [5, 5.41) is 3.20. The van der Waals surface area contributed by atoms with Gasteiger partial charge in [0.2, 0.25) is 5.91 Å². The van der Waals surface area contributed by atoms with Gasteiger partial charge in [-0.15, -0.1) is 0 Å². The predicted octanol–water partition coefficient (Wildman–Crippen LogP) is 4.89. The van der Waals surface area contributed by atoms with Gasteiger partial charge in [-0.25, -0.2) is 0 Å². The summed E-state index contributed by atoms with van der Waals surface area (Å²) in [5.74, 6) is 0.758. The highest BCUT2D eigenvalue weighted by molar-refractivity contribution is 5.95. The summed E-state index contributed by atoms with van der Waals surface area (Å²) in [6.45, 7) is 13.8. The average Bonchev–Trinajstić information content (AvgIpc) is 2.79. The van der Waals surface area contributed by atoms with Gasteiger partial charge in [-0.2, -0.15) is 0 Å². The largest absolute Gasteiger partial charge is 0.336 e. The van der Waals surface area contributed by atoms with Crippen molar-refractivity contribution in [3.05, 3.63) is 64.7 Å². The minimum Gasteiger partial charge on any atom is -0.336 e. The summed E-state index contributed by atoms with van der Waals surface area (Å²) < 4.78 is 0. The topological polar surface area (TPSA) is 52.7 Å². The molecular weight excluding hydrogens is 398 g/mol. The Hall–Kier alpha value is -2.66. The number of amides is 2.